The van der Waals surface area contributed by atoms with Crippen molar-refractivity contribution < 1.29 is 14.5 Å². The first-order valence-corrected chi connectivity index (χ1v) is 8.86. The van der Waals surface area contributed by atoms with Crippen molar-refractivity contribution in [3.63, 3.8) is 0 Å². The first-order valence-electron chi connectivity index (χ1n) is 8.08. The third-order valence-corrected chi connectivity index (χ3v) is 4.77. The molecule has 2 aromatic carbocycles. The Morgan fingerprint density at radius 2 is 2.07 bits per heavy atom. The summed E-state index contributed by atoms with van der Waals surface area (Å²) in [6, 6.07) is 11.9. The second kappa shape index (κ2) is 8.21. The minimum Gasteiger partial charge on any atom is -0.465 e. The van der Waals surface area contributed by atoms with E-state index in [0.717, 1.165) is 21.7 Å². The SMILES string of the molecule is COC(=O)c1ccc(C=C(C)CNN2Nc3ccc([N+](=O)[O-])cc3S2)cc1. The largest absolute Gasteiger partial charge is 0.465 e. The van der Waals surface area contributed by atoms with Crippen molar-refractivity contribution in [3.8, 4) is 0 Å². The summed E-state index contributed by atoms with van der Waals surface area (Å²) in [5.74, 6) is -0.360. The van der Waals surface area contributed by atoms with Crippen molar-refractivity contribution in [2.45, 2.75) is 11.8 Å². The number of esters is 1. The maximum atomic E-state index is 11.4. The smallest absolute Gasteiger partial charge is 0.337 e. The van der Waals surface area contributed by atoms with E-state index in [4.69, 9.17) is 0 Å². The fourth-order valence-electron chi connectivity index (χ4n) is 2.46. The molecule has 1 aliphatic heterocycles. The number of anilines is 1. The predicted molar refractivity (Wildman–Crippen MR) is 104 cm³/mol. The average molecular weight is 386 g/mol. The van der Waals surface area contributed by atoms with E-state index < -0.39 is 4.92 Å². The Balaban J connectivity index is 1.56. The molecule has 2 aromatic rings. The molecule has 0 aromatic heterocycles. The number of non-ortho nitro benzene ring substituents is 1. The lowest BCUT2D eigenvalue weighted by atomic mass is 10.1. The highest BCUT2D eigenvalue weighted by molar-refractivity contribution is 7.97. The van der Waals surface area contributed by atoms with Gasteiger partial charge in [-0.2, -0.15) is 0 Å². The lowest BCUT2D eigenvalue weighted by Crippen LogP contribution is -2.35. The number of nitro benzene ring substituents is 1. The monoisotopic (exact) mass is 386 g/mol. The number of ether oxygens (including phenoxy) is 1. The predicted octanol–water partition coefficient (Wildman–Crippen LogP) is 3.64. The van der Waals surface area contributed by atoms with Gasteiger partial charge in [-0.3, -0.25) is 15.5 Å². The number of carbonyl (C=O) groups excluding carboxylic acids is 1. The van der Waals surface area contributed by atoms with E-state index in [1.54, 1.807) is 28.8 Å². The summed E-state index contributed by atoms with van der Waals surface area (Å²) in [7, 11) is 1.35. The van der Waals surface area contributed by atoms with Crippen LogP contribution >= 0.6 is 11.9 Å². The molecule has 0 aliphatic carbocycles. The number of fused-ring (bicyclic) bond motifs is 1. The van der Waals surface area contributed by atoms with Crippen LogP contribution in [-0.4, -0.2) is 29.1 Å². The fourth-order valence-corrected chi connectivity index (χ4v) is 3.32. The highest BCUT2D eigenvalue weighted by Crippen LogP contribution is 2.38. The van der Waals surface area contributed by atoms with Crippen LogP contribution < -0.4 is 10.9 Å². The van der Waals surface area contributed by atoms with Crippen molar-refractivity contribution in [2.75, 3.05) is 19.1 Å². The van der Waals surface area contributed by atoms with Crippen LogP contribution in [0.25, 0.3) is 6.08 Å². The summed E-state index contributed by atoms with van der Waals surface area (Å²) in [5.41, 5.74) is 9.78. The Kier molecular flexibility index (Phi) is 5.75. The van der Waals surface area contributed by atoms with Crippen molar-refractivity contribution in [3.05, 3.63) is 69.3 Å². The molecule has 0 saturated carbocycles. The number of hydrogen-bond acceptors (Lipinski definition) is 8. The zero-order chi connectivity index (χ0) is 19.4. The molecule has 0 spiro atoms. The number of hydrogen-bond donors (Lipinski definition) is 2. The van der Waals surface area contributed by atoms with Gasteiger partial charge in [-0.15, -0.1) is 0 Å². The van der Waals surface area contributed by atoms with Crippen LogP contribution in [0.2, 0.25) is 0 Å². The molecule has 3 rings (SSSR count). The molecule has 0 radical (unpaired) electrons. The van der Waals surface area contributed by atoms with Crippen LogP contribution in [-0.2, 0) is 4.74 Å². The summed E-state index contributed by atoms with van der Waals surface area (Å²) in [4.78, 5) is 22.7. The van der Waals surface area contributed by atoms with Gasteiger partial charge in [-0.25, -0.2) is 10.2 Å². The van der Waals surface area contributed by atoms with Crippen LogP contribution in [0.3, 0.4) is 0 Å². The van der Waals surface area contributed by atoms with Crippen molar-refractivity contribution in [1.82, 2.24) is 9.95 Å². The topological polar surface area (TPSA) is 96.7 Å². The Hall–Kier alpha value is -2.88. The third kappa shape index (κ3) is 4.64. The van der Waals surface area contributed by atoms with E-state index in [1.165, 1.54) is 25.1 Å². The number of carbonyl (C=O) groups is 1. The van der Waals surface area contributed by atoms with E-state index in [2.05, 4.69) is 15.6 Å². The molecule has 0 saturated heterocycles. The number of benzene rings is 2. The number of methoxy groups -OCH3 is 1. The molecule has 0 unspecified atom stereocenters. The molecule has 0 bridgehead atoms. The van der Waals surface area contributed by atoms with Gasteiger partial charge >= 0.3 is 5.97 Å². The number of nitro groups is 1. The minimum absolute atomic E-state index is 0.0661. The average Bonchev–Trinajstić information content (AvgIpc) is 3.08. The Morgan fingerprint density at radius 1 is 1.33 bits per heavy atom. The summed E-state index contributed by atoms with van der Waals surface area (Å²) < 4.78 is 6.40. The normalized spacial score (nSPS) is 13.8. The second-order valence-electron chi connectivity index (χ2n) is 5.87. The summed E-state index contributed by atoms with van der Waals surface area (Å²) >= 11 is 1.35. The number of nitrogens with zero attached hydrogens (tertiary/aromatic N) is 2. The van der Waals surface area contributed by atoms with Crippen LogP contribution in [0.5, 0.6) is 0 Å². The van der Waals surface area contributed by atoms with Crippen molar-refractivity contribution in [2.24, 2.45) is 0 Å². The number of rotatable bonds is 6. The van der Waals surface area contributed by atoms with Gasteiger partial charge in [0.2, 0.25) is 0 Å². The van der Waals surface area contributed by atoms with E-state index in [9.17, 15) is 14.9 Å². The molecule has 2 N–H and O–H groups in total. The molecule has 8 nitrogen and oxygen atoms in total. The molecule has 1 aliphatic rings. The van der Waals surface area contributed by atoms with E-state index in [-0.39, 0.29) is 11.7 Å². The van der Waals surface area contributed by atoms with Gasteiger partial charge in [0.05, 0.1) is 28.2 Å². The van der Waals surface area contributed by atoms with Gasteiger partial charge in [0, 0.05) is 18.7 Å². The standard InChI is InChI=1S/C18H18N4O4S/c1-12(9-13-3-5-14(6-4-13)18(23)26-2)11-19-22-20-16-8-7-15(21(24)25)10-17(16)27-22/h3-10,19-20H,11H2,1-2H3. The number of nitrogens with one attached hydrogen (secondary N) is 2. The van der Waals surface area contributed by atoms with Crippen LogP contribution in [0.15, 0.2) is 52.9 Å². The lowest BCUT2D eigenvalue weighted by Gasteiger charge is -2.15. The quantitative estimate of drug-likeness (QED) is 0.336. The highest BCUT2D eigenvalue weighted by atomic mass is 32.2. The van der Waals surface area contributed by atoms with E-state index >= 15 is 0 Å². The van der Waals surface area contributed by atoms with Crippen LogP contribution in [0.4, 0.5) is 11.4 Å². The third-order valence-electron chi connectivity index (χ3n) is 3.83. The molecule has 0 atom stereocenters. The van der Waals surface area contributed by atoms with Crippen LogP contribution in [0.1, 0.15) is 22.8 Å². The maximum Gasteiger partial charge on any atom is 0.337 e. The van der Waals surface area contributed by atoms with Gasteiger partial charge < -0.3 is 4.74 Å². The maximum absolute atomic E-state index is 11.4. The molecule has 0 fully saturated rings. The van der Waals surface area contributed by atoms with Gasteiger partial charge in [0.15, 0.2) is 0 Å². The second-order valence-corrected chi connectivity index (χ2v) is 6.86. The first kappa shape index (κ1) is 18.9. The van der Waals surface area contributed by atoms with Crippen LogP contribution in [0, 0.1) is 10.1 Å². The Bertz CT molecular complexity index is 899. The summed E-state index contributed by atoms with van der Waals surface area (Å²) in [6.45, 7) is 2.56. The molecular weight excluding hydrogens is 368 g/mol. The Morgan fingerprint density at radius 3 is 2.74 bits per heavy atom. The molecule has 0 amide bonds. The molecule has 9 heteroatoms. The zero-order valence-electron chi connectivity index (χ0n) is 14.8. The van der Waals surface area contributed by atoms with Gasteiger partial charge in [-0.05, 0) is 42.6 Å². The molecular formula is C18H18N4O4S. The highest BCUT2D eigenvalue weighted by Gasteiger charge is 2.22. The lowest BCUT2D eigenvalue weighted by molar-refractivity contribution is -0.385. The van der Waals surface area contributed by atoms with Gasteiger partial charge in [-0.1, -0.05) is 28.3 Å². The Labute approximate surface area is 160 Å². The molecule has 27 heavy (non-hydrogen) atoms. The van der Waals surface area contributed by atoms with E-state index in [1.807, 2.05) is 25.1 Å². The summed E-state index contributed by atoms with van der Waals surface area (Å²) in [5, 5.41) is 10.9. The minimum atomic E-state index is -0.407. The van der Waals surface area contributed by atoms with Crippen molar-refractivity contribution in [1.29, 1.82) is 0 Å². The van der Waals surface area contributed by atoms with Gasteiger partial charge in [0.1, 0.15) is 0 Å². The van der Waals surface area contributed by atoms with Crippen molar-refractivity contribution >= 4 is 35.4 Å². The fraction of sp³-hybridized carbons (Fsp3) is 0.167. The zero-order valence-corrected chi connectivity index (χ0v) is 15.6. The first-order chi connectivity index (χ1) is 13.0. The molecule has 1 heterocycles. The van der Waals surface area contributed by atoms with E-state index in [0.29, 0.717) is 12.1 Å². The molecule has 140 valence electrons. The van der Waals surface area contributed by atoms with Gasteiger partial charge in [0.25, 0.3) is 5.69 Å². The summed E-state index contributed by atoms with van der Waals surface area (Å²) in [6.07, 6.45) is 2.01. The number of hydrazine groups is 2.